The number of nitrogens with zero attached hydrogens (tertiary/aromatic N) is 6. The van der Waals surface area contributed by atoms with Crippen LogP contribution in [0.1, 0.15) is 5.56 Å². The van der Waals surface area contributed by atoms with Crippen molar-refractivity contribution in [2.45, 2.75) is 0 Å². The lowest BCUT2D eigenvalue weighted by molar-refractivity contribution is 0.481. The molecule has 0 aliphatic rings. The van der Waals surface area contributed by atoms with Crippen molar-refractivity contribution in [3.05, 3.63) is 66.2 Å². The van der Waals surface area contributed by atoms with Gasteiger partial charge in [0.05, 0.1) is 5.56 Å². The molecule has 4 aromatic rings. The van der Waals surface area contributed by atoms with Gasteiger partial charge in [-0.3, -0.25) is 0 Å². The van der Waals surface area contributed by atoms with Crippen LogP contribution in [0.25, 0.3) is 5.65 Å². The quantitative estimate of drug-likeness (QED) is 0.614. The number of tetrazole rings is 1. The van der Waals surface area contributed by atoms with Gasteiger partial charge in [0.2, 0.25) is 0 Å². The number of benzene rings is 2. The third-order valence-electron chi connectivity index (χ3n) is 3.43. The number of para-hydroxylation sites is 1. The maximum absolute atomic E-state index is 9.10. The Labute approximate surface area is 142 Å². The van der Waals surface area contributed by atoms with Crippen LogP contribution in [-0.2, 0) is 0 Å². The smallest absolute Gasteiger partial charge is 0.200 e. The number of aromatic nitrogens is 5. The molecule has 2 aromatic heterocycles. The zero-order valence-electron chi connectivity index (χ0n) is 12.9. The molecule has 0 spiro atoms. The van der Waals surface area contributed by atoms with E-state index in [1.165, 1.54) is 4.63 Å². The van der Waals surface area contributed by atoms with Crippen LogP contribution in [0.2, 0.25) is 0 Å². The largest absolute Gasteiger partial charge is 0.456 e. The average molecular weight is 329 g/mol. The number of rotatable bonds is 4. The van der Waals surface area contributed by atoms with E-state index in [9.17, 15) is 0 Å². The molecule has 0 bridgehead atoms. The number of fused-ring (bicyclic) bond motifs is 1. The Morgan fingerprint density at radius 2 is 1.84 bits per heavy atom. The summed E-state index contributed by atoms with van der Waals surface area (Å²) in [4.78, 5) is 0. The number of anilines is 2. The van der Waals surface area contributed by atoms with E-state index in [4.69, 9.17) is 10.00 Å². The molecule has 0 radical (unpaired) electrons. The zero-order chi connectivity index (χ0) is 17.1. The minimum absolute atomic E-state index is 0.489. The van der Waals surface area contributed by atoms with Crippen LogP contribution in [0.3, 0.4) is 0 Å². The molecule has 0 saturated heterocycles. The van der Waals surface area contributed by atoms with Gasteiger partial charge in [-0.15, -0.1) is 14.8 Å². The van der Waals surface area contributed by atoms with Crippen molar-refractivity contribution >= 4 is 17.2 Å². The first-order valence-electron chi connectivity index (χ1n) is 7.41. The van der Waals surface area contributed by atoms with Gasteiger partial charge < -0.3 is 10.1 Å². The summed E-state index contributed by atoms with van der Waals surface area (Å²) < 4.78 is 7.10. The molecule has 2 aromatic carbocycles. The zero-order valence-corrected chi connectivity index (χ0v) is 12.9. The molecule has 8 heteroatoms. The molecule has 0 amide bonds. The van der Waals surface area contributed by atoms with Crippen LogP contribution in [0, 0.1) is 11.3 Å². The average Bonchev–Trinajstić information content (AvgIpc) is 3.12. The minimum Gasteiger partial charge on any atom is -0.456 e. The first kappa shape index (κ1) is 14.6. The van der Waals surface area contributed by atoms with Crippen molar-refractivity contribution < 1.29 is 4.74 Å². The monoisotopic (exact) mass is 329 g/mol. The highest BCUT2D eigenvalue weighted by atomic mass is 16.5. The summed E-state index contributed by atoms with van der Waals surface area (Å²) in [6, 6.07) is 20.1. The predicted molar refractivity (Wildman–Crippen MR) is 89.5 cm³/mol. The summed E-state index contributed by atoms with van der Waals surface area (Å²) in [5, 5.41) is 27.6. The van der Waals surface area contributed by atoms with E-state index in [1.807, 2.05) is 30.3 Å². The maximum atomic E-state index is 9.10. The standard InChI is InChI=1S/C17H11N7O/c18-11-12-3-1-2-4-15(12)25-14-7-5-13(6-8-14)19-16-9-10-17-20-22-23-24(17)21-16/h1-10H,(H,19,21). The van der Waals surface area contributed by atoms with Crippen LogP contribution in [0.5, 0.6) is 11.5 Å². The summed E-state index contributed by atoms with van der Waals surface area (Å²) >= 11 is 0. The molecule has 2 heterocycles. The summed E-state index contributed by atoms with van der Waals surface area (Å²) in [5.74, 6) is 1.77. The predicted octanol–water partition coefficient (Wildman–Crippen LogP) is 2.93. The molecule has 8 nitrogen and oxygen atoms in total. The molecular formula is C17H11N7O. The Morgan fingerprint density at radius 1 is 1.00 bits per heavy atom. The minimum atomic E-state index is 0.489. The van der Waals surface area contributed by atoms with Gasteiger partial charge in [0, 0.05) is 5.69 Å². The molecule has 0 unspecified atom stereocenters. The topological polar surface area (TPSA) is 101 Å². The van der Waals surface area contributed by atoms with E-state index in [-0.39, 0.29) is 0 Å². The Kier molecular flexibility index (Phi) is 3.65. The molecular weight excluding hydrogens is 318 g/mol. The van der Waals surface area contributed by atoms with Crippen LogP contribution < -0.4 is 10.1 Å². The molecule has 0 aliphatic carbocycles. The Hall–Kier alpha value is -3.99. The van der Waals surface area contributed by atoms with E-state index in [2.05, 4.69) is 32.0 Å². The summed E-state index contributed by atoms with van der Waals surface area (Å²) in [5.41, 5.74) is 1.90. The van der Waals surface area contributed by atoms with Gasteiger partial charge in [-0.25, -0.2) is 0 Å². The Morgan fingerprint density at radius 3 is 2.68 bits per heavy atom. The van der Waals surface area contributed by atoms with Gasteiger partial charge in [0.25, 0.3) is 0 Å². The molecule has 0 aliphatic heterocycles. The molecule has 25 heavy (non-hydrogen) atoms. The Bertz CT molecular complexity index is 1070. The number of ether oxygens (including phenoxy) is 1. The van der Waals surface area contributed by atoms with Crippen molar-refractivity contribution in [1.82, 2.24) is 25.3 Å². The molecule has 0 saturated carbocycles. The van der Waals surface area contributed by atoms with Crippen LogP contribution in [0.4, 0.5) is 11.5 Å². The highest BCUT2D eigenvalue weighted by molar-refractivity contribution is 5.58. The highest BCUT2D eigenvalue weighted by Gasteiger charge is 2.05. The van der Waals surface area contributed by atoms with Gasteiger partial charge in [0.1, 0.15) is 17.6 Å². The van der Waals surface area contributed by atoms with Crippen molar-refractivity contribution in [3.63, 3.8) is 0 Å². The number of nitriles is 1. The van der Waals surface area contributed by atoms with Gasteiger partial charge in [0.15, 0.2) is 11.5 Å². The van der Waals surface area contributed by atoms with Gasteiger partial charge in [-0.1, -0.05) is 12.1 Å². The van der Waals surface area contributed by atoms with Crippen LogP contribution in [0.15, 0.2) is 60.7 Å². The molecule has 0 atom stereocenters. The second-order valence-corrected chi connectivity index (χ2v) is 5.10. The fourth-order valence-electron chi connectivity index (χ4n) is 2.25. The SMILES string of the molecule is N#Cc1ccccc1Oc1ccc(Nc2ccc3nnnn3n2)cc1. The first-order valence-corrected chi connectivity index (χ1v) is 7.41. The lowest BCUT2D eigenvalue weighted by Crippen LogP contribution is -2.00. The molecule has 4 rings (SSSR count). The number of nitrogens with one attached hydrogen (secondary N) is 1. The second-order valence-electron chi connectivity index (χ2n) is 5.10. The third kappa shape index (κ3) is 3.07. The maximum Gasteiger partial charge on any atom is 0.200 e. The summed E-state index contributed by atoms with van der Waals surface area (Å²) in [6.07, 6.45) is 0. The van der Waals surface area contributed by atoms with Crippen LogP contribution >= 0.6 is 0 Å². The van der Waals surface area contributed by atoms with Crippen molar-refractivity contribution in [1.29, 1.82) is 5.26 Å². The van der Waals surface area contributed by atoms with Gasteiger partial charge in [-0.2, -0.15) is 5.26 Å². The van der Waals surface area contributed by atoms with Crippen molar-refractivity contribution in [2.24, 2.45) is 0 Å². The number of hydrogen-bond acceptors (Lipinski definition) is 7. The summed E-state index contributed by atoms with van der Waals surface area (Å²) in [7, 11) is 0. The fraction of sp³-hybridized carbons (Fsp3) is 0. The fourth-order valence-corrected chi connectivity index (χ4v) is 2.25. The third-order valence-corrected chi connectivity index (χ3v) is 3.43. The van der Waals surface area contributed by atoms with Gasteiger partial charge in [-0.05, 0) is 59.0 Å². The van der Waals surface area contributed by atoms with Gasteiger partial charge >= 0.3 is 0 Å². The van der Waals surface area contributed by atoms with Crippen LogP contribution in [-0.4, -0.2) is 25.3 Å². The molecule has 0 fully saturated rings. The second kappa shape index (κ2) is 6.25. The normalized spacial score (nSPS) is 10.4. The molecule has 120 valence electrons. The van der Waals surface area contributed by atoms with Crippen molar-refractivity contribution in [2.75, 3.05) is 5.32 Å². The summed E-state index contributed by atoms with van der Waals surface area (Å²) in [6.45, 7) is 0. The van der Waals surface area contributed by atoms with E-state index < -0.39 is 0 Å². The molecule has 1 N–H and O–H groups in total. The highest BCUT2D eigenvalue weighted by Crippen LogP contribution is 2.26. The van der Waals surface area contributed by atoms with E-state index in [0.29, 0.717) is 28.5 Å². The van der Waals surface area contributed by atoms with E-state index in [1.54, 1.807) is 30.3 Å². The lowest BCUT2D eigenvalue weighted by atomic mass is 10.2. The van der Waals surface area contributed by atoms with Crippen molar-refractivity contribution in [3.8, 4) is 17.6 Å². The Balaban J connectivity index is 1.51. The van der Waals surface area contributed by atoms with E-state index >= 15 is 0 Å². The first-order chi connectivity index (χ1) is 12.3. The number of hydrogen-bond donors (Lipinski definition) is 1. The van der Waals surface area contributed by atoms with E-state index in [0.717, 1.165) is 5.69 Å². The lowest BCUT2D eigenvalue weighted by Gasteiger charge is -2.09.